The number of esters is 1. The molecule has 1 heterocycles. The lowest BCUT2D eigenvalue weighted by molar-refractivity contribution is -0.116. The molecule has 0 saturated heterocycles. The van der Waals surface area contributed by atoms with Crippen LogP contribution < -0.4 is 10.9 Å². The van der Waals surface area contributed by atoms with Crippen LogP contribution in [0.5, 0.6) is 0 Å². The predicted molar refractivity (Wildman–Crippen MR) is 99.4 cm³/mol. The number of aromatic nitrogens is 1. The number of rotatable bonds is 4. The fraction of sp³-hybridized carbons (Fsp3) is 0.150. The lowest BCUT2D eigenvalue weighted by Crippen LogP contribution is -2.28. The summed E-state index contributed by atoms with van der Waals surface area (Å²) in [6.45, 7) is 1.74. The first-order valence-electron chi connectivity index (χ1n) is 8.07. The van der Waals surface area contributed by atoms with Gasteiger partial charge in [0.2, 0.25) is 5.91 Å². The van der Waals surface area contributed by atoms with Gasteiger partial charge in [0.25, 0.3) is 5.56 Å². The Morgan fingerprint density at radius 1 is 1.08 bits per heavy atom. The van der Waals surface area contributed by atoms with Gasteiger partial charge in [0, 0.05) is 17.1 Å². The molecule has 0 aliphatic heterocycles. The fourth-order valence-corrected chi connectivity index (χ4v) is 2.85. The maximum Gasteiger partial charge on any atom is 0.337 e. The second-order valence-corrected chi connectivity index (χ2v) is 5.89. The highest BCUT2D eigenvalue weighted by Gasteiger charge is 2.11. The van der Waals surface area contributed by atoms with E-state index in [1.807, 2.05) is 31.2 Å². The number of nitrogens with one attached hydrogen (secondary N) is 1. The van der Waals surface area contributed by atoms with Crippen LogP contribution in [0.3, 0.4) is 0 Å². The van der Waals surface area contributed by atoms with Crippen LogP contribution in [0.25, 0.3) is 10.9 Å². The lowest BCUT2D eigenvalue weighted by atomic mass is 10.1. The van der Waals surface area contributed by atoms with E-state index in [9.17, 15) is 14.4 Å². The Morgan fingerprint density at radius 2 is 1.85 bits per heavy atom. The zero-order chi connectivity index (χ0) is 18.7. The smallest absolute Gasteiger partial charge is 0.337 e. The van der Waals surface area contributed by atoms with Crippen molar-refractivity contribution in [3.05, 3.63) is 76.1 Å². The van der Waals surface area contributed by atoms with Crippen LogP contribution in [0.4, 0.5) is 5.69 Å². The number of pyridine rings is 1. The van der Waals surface area contributed by atoms with Crippen molar-refractivity contribution in [3.8, 4) is 0 Å². The third-order valence-corrected chi connectivity index (χ3v) is 4.09. The number of benzene rings is 2. The second kappa shape index (κ2) is 7.23. The third kappa shape index (κ3) is 3.49. The Balaban J connectivity index is 1.87. The van der Waals surface area contributed by atoms with E-state index in [2.05, 4.69) is 10.1 Å². The van der Waals surface area contributed by atoms with E-state index in [-0.39, 0.29) is 18.0 Å². The van der Waals surface area contributed by atoms with E-state index in [0.29, 0.717) is 16.8 Å². The van der Waals surface area contributed by atoms with Crippen molar-refractivity contribution in [3.63, 3.8) is 0 Å². The van der Waals surface area contributed by atoms with E-state index >= 15 is 0 Å². The first-order chi connectivity index (χ1) is 12.5. The summed E-state index contributed by atoms with van der Waals surface area (Å²) in [7, 11) is 1.29. The van der Waals surface area contributed by atoms with Crippen LogP contribution in [-0.2, 0) is 16.1 Å². The van der Waals surface area contributed by atoms with Crippen molar-refractivity contribution in [2.45, 2.75) is 13.5 Å². The molecule has 3 rings (SSSR count). The summed E-state index contributed by atoms with van der Waals surface area (Å²) >= 11 is 0. The summed E-state index contributed by atoms with van der Waals surface area (Å²) in [5, 5.41) is 3.63. The van der Waals surface area contributed by atoms with Gasteiger partial charge in [0.15, 0.2) is 0 Å². The van der Waals surface area contributed by atoms with Crippen molar-refractivity contribution in [2.75, 3.05) is 12.4 Å². The predicted octanol–water partition coefficient (Wildman–Crippen LogP) is 2.74. The number of amides is 1. The molecule has 2 aromatic carbocycles. The summed E-state index contributed by atoms with van der Waals surface area (Å²) in [6.07, 6.45) is 0. The molecule has 0 radical (unpaired) electrons. The average molecular weight is 350 g/mol. The Labute approximate surface area is 150 Å². The van der Waals surface area contributed by atoms with Gasteiger partial charge in [-0.3, -0.25) is 14.2 Å². The normalized spacial score (nSPS) is 10.5. The Kier molecular flexibility index (Phi) is 4.84. The Hall–Kier alpha value is -3.41. The van der Waals surface area contributed by atoms with Crippen molar-refractivity contribution in [2.24, 2.45) is 0 Å². The van der Waals surface area contributed by atoms with Crippen molar-refractivity contribution >= 4 is 28.5 Å². The number of anilines is 1. The van der Waals surface area contributed by atoms with Crippen molar-refractivity contribution in [1.29, 1.82) is 0 Å². The molecule has 0 atom stereocenters. The van der Waals surface area contributed by atoms with E-state index < -0.39 is 5.97 Å². The number of fused-ring (bicyclic) bond motifs is 1. The number of hydrogen-bond donors (Lipinski definition) is 1. The maximum absolute atomic E-state index is 12.4. The van der Waals surface area contributed by atoms with E-state index in [0.717, 1.165) is 10.9 Å². The molecule has 0 spiro atoms. The number of para-hydroxylation sites is 1. The second-order valence-electron chi connectivity index (χ2n) is 5.89. The standard InChI is InChI=1S/C20H18N2O4/c1-13-10-19(24)22(17-9-4-3-8-16(13)17)12-18(23)21-15-7-5-6-14(11-15)20(25)26-2/h3-11H,12H2,1-2H3,(H,21,23). The largest absolute Gasteiger partial charge is 0.465 e. The van der Waals surface area contributed by atoms with Crippen LogP contribution in [0.1, 0.15) is 15.9 Å². The molecule has 0 aliphatic rings. The first-order valence-corrected chi connectivity index (χ1v) is 8.07. The molecule has 0 saturated carbocycles. The van der Waals surface area contributed by atoms with Crippen LogP contribution in [0, 0.1) is 6.92 Å². The van der Waals surface area contributed by atoms with Crippen LogP contribution >= 0.6 is 0 Å². The molecule has 1 aromatic heterocycles. The summed E-state index contributed by atoms with van der Waals surface area (Å²) < 4.78 is 6.10. The minimum Gasteiger partial charge on any atom is -0.465 e. The average Bonchev–Trinajstić information content (AvgIpc) is 2.64. The van der Waals surface area contributed by atoms with Gasteiger partial charge in [0.1, 0.15) is 6.54 Å². The van der Waals surface area contributed by atoms with Crippen LogP contribution in [0.15, 0.2) is 59.4 Å². The number of carbonyl (C=O) groups excluding carboxylic acids is 2. The number of methoxy groups -OCH3 is 1. The summed E-state index contributed by atoms with van der Waals surface area (Å²) in [5.41, 5.74) is 2.13. The highest BCUT2D eigenvalue weighted by atomic mass is 16.5. The van der Waals surface area contributed by atoms with Gasteiger partial charge < -0.3 is 10.1 Å². The van der Waals surface area contributed by atoms with Gasteiger partial charge in [-0.2, -0.15) is 0 Å². The van der Waals surface area contributed by atoms with Crippen LogP contribution in [0.2, 0.25) is 0 Å². The van der Waals surface area contributed by atoms with Gasteiger partial charge in [-0.1, -0.05) is 24.3 Å². The fourth-order valence-electron chi connectivity index (χ4n) is 2.85. The number of ether oxygens (including phenoxy) is 1. The molecular weight excluding hydrogens is 332 g/mol. The van der Waals surface area contributed by atoms with E-state index in [4.69, 9.17) is 0 Å². The lowest BCUT2D eigenvalue weighted by Gasteiger charge is -2.12. The van der Waals surface area contributed by atoms with Gasteiger partial charge in [-0.05, 0) is 36.8 Å². The van der Waals surface area contributed by atoms with E-state index in [1.54, 1.807) is 18.2 Å². The molecule has 0 unspecified atom stereocenters. The van der Waals surface area contributed by atoms with Gasteiger partial charge >= 0.3 is 5.97 Å². The maximum atomic E-state index is 12.4. The van der Waals surface area contributed by atoms with Gasteiger partial charge in [0.05, 0.1) is 18.2 Å². The van der Waals surface area contributed by atoms with Crippen molar-refractivity contribution in [1.82, 2.24) is 4.57 Å². The van der Waals surface area contributed by atoms with E-state index in [1.165, 1.54) is 23.8 Å². The minimum absolute atomic E-state index is 0.123. The summed E-state index contributed by atoms with van der Waals surface area (Å²) in [4.78, 5) is 36.4. The molecular formula is C20H18N2O4. The molecule has 0 fully saturated rings. The quantitative estimate of drug-likeness (QED) is 0.734. The molecule has 0 aliphatic carbocycles. The molecule has 6 nitrogen and oxygen atoms in total. The monoisotopic (exact) mass is 350 g/mol. The Morgan fingerprint density at radius 3 is 2.62 bits per heavy atom. The van der Waals surface area contributed by atoms with Crippen LogP contribution in [-0.4, -0.2) is 23.6 Å². The summed E-state index contributed by atoms with van der Waals surface area (Å²) in [6, 6.07) is 15.4. The molecule has 3 aromatic rings. The Bertz CT molecular complexity index is 1050. The first kappa shape index (κ1) is 17.4. The third-order valence-electron chi connectivity index (χ3n) is 4.09. The highest BCUT2D eigenvalue weighted by molar-refractivity contribution is 5.95. The molecule has 132 valence electrons. The molecule has 6 heteroatoms. The molecule has 26 heavy (non-hydrogen) atoms. The number of nitrogens with zero attached hydrogens (tertiary/aromatic N) is 1. The number of hydrogen-bond acceptors (Lipinski definition) is 4. The number of carbonyl (C=O) groups is 2. The zero-order valence-corrected chi connectivity index (χ0v) is 14.5. The molecule has 1 N–H and O–H groups in total. The number of aryl methyl sites for hydroxylation is 1. The van der Waals surface area contributed by atoms with Gasteiger partial charge in [-0.25, -0.2) is 4.79 Å². The minimum atomic E-state index is -0.484. The summed E-state index contributed by atoms with van der Waals surface area (Å²) in [5.74, 6) is -0.843. The SMILES string of the molecule is COC(=O)c1cccc(NC(=O)Cn2c(=O)cc(C)c3ccccc32)c1. The molecule has 0 bridgehead atoms. The van der Waals surface area contributed by atoms with Gasteiger partial charge in [-0.15, -0.1) is 0 Å². The highest BCUT2D eigenvalue weighted by Crippen LogP contribution is 2.16. The van der Waals surface area contributed by atoms with Crippen molar-refractivity contribution < 1.29 is 14.3 Å². The topological polar surface area (TPSA) is 77.4 Å². The zero-order valence-electron chi connectivity index (χ0n) is 14.5. The molecule has 1 amide bonds.